The third kappa shape index (κ3) is 5.29. The van der Waals surface area contributed by atoms with E-state index in [4.69, 9.17) is 9.88 Å². The minimum Gasteiger partial charge on any atom is -0.492 e. The van der Waals surface area contributed by atoms with Crippen molar-refractivity contribution in [3.05, 3.63) is 23.3 Å². The number of benzene rings is 1. The predicted molar refractivity (Wildman–Crippen MR) is 81.8 cm³/mol. The number of sulfone groups is 1. The maximum atomic E-state index is 11.5. The highest BCUT2D eigenvalue weighted by atomic mass is 32.2. The van der Waals surface area contributed by atoms with Gasteiger partial charge < -0.3 is 4.74 Å². The zero-order chi connectivity index (χ0) is 16.4. The second-order valence-corrected chi connectivity index (χ2v) is 9.12. The number of ether oxygens (including phenoxy) is 1. The molecule has 0 fully saturated rings. The Bertz CT molecular complexity index is 721. The molecule has 8 heteroatoms. The highest BCUT2D eigenvalue weighted by Gasteiger charge is 2.18. The normalized spacial score (nSPS) is 12.7. The third-order valence-electron chi connectivity index (χ3n) is 2.95. The molecule has 0 saturated carbocycles. The van der Waals surface area contributed by atoms with E-state index in [0.717, 1.165) is 6.26 Å². The Morgan fingerprint density at radius 3 is 2.19 bits per heavy atom. The van der Waals surface area contributed by atoms with Gasteiger partial charge in [0.2, 0.25) is 10.0 Å². The van der Waals surface area contributed by atoms with Crippen LogP contribution in [0.4, 0.5) is 0 Å². The number of hydrogen-bond acceptors (Lipinski definition) is 5. The average molecular weight is 335 g/mol. The lowest BCUT2D eigenvalue weighted by Crippen LogP contribution is -2.16. The van der Waals surface area contributed by atoms with Crippen molar-refractivity contribution in [2.45, 2.75) is 31.6 Å². The lowest BCUT2D eigenvalue weighted by Gasteiger charge is -2.17. The molecule has 0 aliphatic rings. The molecule has 1 rings (SSSR count). The Hall–Kier alpha value is -1.12. The van der Waals surface area contributed by atoms with E-state index in [1.807, 2.05) is 13.8 Å². The molecular formula is C13H21NO5S2. The van der Waals surface area contributed by atoms with Crippen molar-refractivity contribution < 1.29 is 21.6 Å². The first-order chi connectivity index (χ1) is 9.42. The van der Waals surface area contributed by atoms with Gasteiger partial charge >= 0.3 is 0 Å². The highest BCUT2D eigenvalue weighted by molar-refractivity contribution is 7.90. The fourth-order valence-corrected chi connectivity index (χ4v) is 3.05. The molecule has 0 amide bonds. The molecule has 1 aromatic rings. The lowest BCUT2D eigenvalue weighted by molar-refractivity contribution is 0.335. The maximum Gasteiger partial charge on any atom is 0.238 e. The van der Waals surface area contributed by atoms with Crippen LogP contribution in [0.2, 0.25) is 0 Å². The second kappa shape index (κ2) is 6.33. The van der Waals surface area contributed by atoms with Crippen molar-refractivity contribution in [3.8, 4) is 5.75 Å². The van der Waals surface area contributed by atoms with Crippen LogP contribution in [0.3, 0.4) is 0 Å². The SMILES string of the molecule is Cc1cc(OCCS(C)(=O)=O)c(C(C)C)cc1S(N)(=O)=O. The number of sulfonamides is 1. The Morgan fingerprint density at radius 2 is 1.76 bits per heavy atom. The summed E-state index contributed by atoms with van der Waals surface area (Å²) in [4.78, 5) is 0.0571. The van der Waals surface area contributed by atoms with Gasteiger partial charge in [-0.3, -0.25) is 0 Å². The van der Waals surface area contributed by atoms with E-state index in [0.29, 0.717) is 16.9 Å². The summed E-state index contributed by atoms with van der Waals surface area (Å²) in [6.45, 7) is 5.42. The number of hydrogen-bond donors (Lipinski definition) is 1. The van der Waals surface area contributed by atoms with Crippen LogP contribution in [0.15, 0.2) is 17.0 Å². The van der Waals surface area contributed by atoms with Crippen LogP contribution in [0.25, 0.3) is 0 Å². The van der Waals surface area contributed by atoms with Crippen LogP contribution in [-0.2, 0) is 19.9 Å². The van der Waals surface area contributed by atoms with Gasteiger partial charge in [0.15, 0.2) is 9.84 Å². The van der Waals surface area contributed by atoms with Gasteiger partial charge in [0, 0.05) is 6.26 Å². The molecule has 0 radical (unpaired) electrons. The third-order valence-corrected chi connectivity index (χ3v) is 4.91. The van der Waals surface area contributed by atoms with Gasteiger partial charge in [0.05, 0.1) is 10.6 Å². The molecule has 0 bridgehead atoms. The first-order valence-electron chi connectivity index (χ1n) is 6.39. The van der Waals surface area contributed by atoms with Crippen LogP contribution < -0.4 is 9.88 Å². The molecule has 6 nitrogen and oxygen atoms in total. The molecule has 0 atom stereocenters. The Morgan fingerprint density at radius 1 is 1.19 bits per heavy atom. The van der Waals surface area contributed by atoms with Crippen molar-refractivity contribution in [2.24, 2.45) is 5.14 Å². The first-order valence-corrected chi connectivity index (χ1v) is 10.0. The summed E-state index contributed by atoms with van der Waals surface area (Å²) in [5.41, 5.74) is 1.15. The van der Waals surface area contributed by atoms with Crippen molar-refractivity contribution in [1.29, 1.82) is 0 Å². The van der Waals surface area contributed by atoms with E-state index in [1.165, 1.54) is 6.07 Å². The summed E-state index contributed by atoms with van der Waals surface area (Å²) in [6.07, 6.45) is 1.13. The maximum absolute atomic E-state index is 11.5. The van der Waals surface area contributed by atoms with Crippen LogP contribution in [0, 0.1) is 6.92 Å². The quantitative estimate of drug-likeness (QED) is 0.841. The fourth-order valence-electron chi connectivity index (χ4n) is 1.86. The number of aryl methyl sites for hydroxylation is 1. The summed E-state index contributed by atoms with van der Waals surface area (Å²) in [5, 5.41) is 5.19. The molecule has 21 heavy (non-hydrogen) atoms. The Kier molecular flexibility index (Phi) is 5.40. The van der Waals surface area contributed by atoms with E-state index in [1.54, 1.807) is 13.0 Å². The summed E-state index contributed by atoms with van der Waals surface area (Å²) >= 11 is 0. The van der Waals surface area contributed by atoms with E-state index >= 15 is 0 Å². The van der Waals surface area contributed by atoms with E-state index in [9.17, 15) is 16.8 Å². The molecule has 0 heterocycles. The van der Waals surface area contributed by atoms with Crippen molar-refractivity contribution >= 4 is 19.9 Å². The minimum absolute atomic E-state index is 0.0133. The molecule has 2 N–H and O–H groups in total. The molecule has 0 aliphatic heterocycles. The van der Waals surface area contributed by atoms with Gasteiger partial charge in [-0.25, -0.2) is 22.0 Å². The first kappa shape index (κ1) is 17.9. The largest absolute Gasteiger partial charge is 0.492 e. The zero-order valence-corrected chi connectivity index (χ0v) is 14.2. The predicted octanol–water partition coefficient (Wildman–Crippen LogP) is 1.19. The molecule has 0 aliphatic carbocycles. The van der Waals surface area contributed by atoms with Gasteiger partial charge in [-0.2, -0.15) is 0 Å². The molecule has 0 saturated heterocycles. The minimum atomic E-state index is -3.80. The average Bonchev–Trinajstić information content (AvgIpc) is 2.24. The standard InChI is InChI=1S/C13H21NO5S2/c1-9(2)11-8-13(21(14,17)18)10(3)7-12(11)19-5-6-20(4,15)16/h7-9H,5-6H2,1-4H3,(H2,14,17,18). The van der Waals surface area contributed by atoms with Gasteiger partial charge in [-0.05, 0) is 36.1 Å². The number of primary sulfonamides is 1. The summed E-state index contributed by atoms with van der Waals surface area (Å²) in [7, 11) is -6.91. The Labute approximate surface area is 126 Å². The summed E-state index contributed by atoms with van der Waals surface area (Å²) < 4.78 is 50.8. The molecule has 0 unspecified atom stereocenters. The highest BCUT2D eigenvalue weighted by Crippen LogP contribution is 2.31. The molecule has 120 valence electrons. The van der Waals surface area contributed by atoms with Crippen LogP contribution in [0.1, 0.15) is 30.9 Å². The van der Waals surface area contributed by atoms with Gasteiger partial charge in [-0.15, -0.1) is 0 Å². The summed E-state index contributed by atoms with van der Waals surface area (Å²) in [6, 6.07) is 3.07. The summed E-state index contributed by atoms with van der Waals surface area (Å²) in [5.74, 6) is 0.401. The van der Waals surface area contributed by atoms with Crippen LogP contribution >= 0.6 is 0 Å². The number of rotatable bonds is 6. The van der Waals surface area contributed by atoms with Crippen molar-refractivity contribution in [2.75, 3.05) is 18.6 Å². The van der Waals surface area contributed by atoms with Gasteiger partial charge in [0.1, 0.15) is 12.4 Å². The topological polar surface area (TPSA) is 104 Å². The molecular weight excluding hydrogens is 314 g/mol. The van der Waals surface area contributed by atoms with Crippen LogP contribution in [0.5, 0.6) is 5.75 Å². The van der Waals surface area contributed by atoms with Gasteiger partial charge in [0.25, 0.3) is 0 Å². The van der Waals surface area contributed by atoms with E-state index < -0.39 is 19.9 Å². The fraction of sp³-hybridized carbons (Fsp3) is 0.538. The number of nitrogens with two attached hydrogens (primary N) is 1. The smallest absolute Gasteiger partial charge is 0.238 e. The zero-order valence-electron chi connectivity index (χ0n) is 12.6. The molecule has 0 spiro atoms. The lowest BCUT2D eigenvalue weighted by atomic mass is 10.0. The van der Waals surface area contributed by atoms with E-state index in [-0.39, 0.29) is 23.2 Å². The second-order valence-electron chi connectivity index (χ2n) is 5.33. The Balaban J connectivity index is 3.18. The monoisotopic (exact) mass is 335 g/mol. The molecule has 1 aromatic carbocycles. The van der Waals surface area contributed by atoms with E-state index in [2.05, 4.69) is 0 Å². The van der Waals surface area contributed by atoms with Crippen molar-refractivity contribution in [3.63, 3.8) is 0 Å². The van der Waals surface area contributed by atoms with Crippen molar-refractivity contribution in [1.82, 2.24) is 0 Å². The molecule has 0 aromatic heterocycles. The van der Waals surface area contributed by atoms with Crippen LogP contribution in [-0.4, -0.2) is 35.5 Å². The van der Waals surface area contributed by atoms with Gasteiger partial charge in [-0.1, -0.05) is 13.8 Å².